The molecule has 0 bridgehead atoms. The van der Waals surface area contributed by atoms with E-state index in [0.29, 0.717) is 0 Å². The second kappa shape index (κ2) is 5.33. The summed E-state index contributed by atoms with van der Waals surface area (Å²) in [4.78, 5) is 2.65. The summed E-state index contributed by atoms with van der Waals surface area (Å²) in [6, 6.07) is 8.89. The van der Waals surface area contributed by atoms with Gasteiger partial charge in [0.2, 0.25) is 0 Å². The summed E-state index contributed by atoms with van der Waals surface area (Å²) in [6.07, 6.45) is 1.39. The normalized spacial score (nSPS) is 29.2. The predicted octanol–water partition coefficient (Wildman–Crippen LogP) is 3.60. The van der Waals surface area contributed by atoms with Crippen LogP contribution >= 0.6 is 27.7 Å². The van der Waals surface area contributed by atoms with E-state index in [4.69, 9.17) is 0 Å². The van der Waals surface area contributed by atoms with Crippen molar-refractivity contribution >= 4 is 27.7 Å². The Bertz CT molecular complexity index is 372. The lowest BCUT2D eigenvalue weighted by Gasteiger charge is -2.26. The van der Waals surface area contributed by atoms with E-state index >= 15 is 0 Å². The predicted molar refractivity (Wildman–Crippen MR) is 78.8 cm³/mol. The molecule has 2 atom stereocenters. The Morgan fingerprint density at radius 1 is 1.18 bits per heavy atom. The Balaban J connectivity index is 1.53. The largest absolute Gasteiger partial charge is 0.301 e. The minimum atomic E-state index is 0.831. The first-order chi connectivity index (χ1) is 8.33. The van der Waals surface area contributed by atoms with Crippen LogP contribution in [-0.4, -0.2) is 36.0 Å². The van der Waals surface area contributed by atoms with E-state index in [1.165, 1.54) is 47.6 Å². The number of hydrogen-bond donors (Lipinski definition) is 0. The lowest BCUT2D eigenvalue weighted by molar-refractivity contribution is 0.288. The number of thioether (sulfide) groups is 1. The quantitative estimate of drug-likeness (QED) is 0.839. The molecule has 2 aliphatic rings. The molecule has 3 rings (SSSR count). The first-order valence-corrected chi connectivity index (χ1v) is 8.33. The smallest absolute Gasteiger partial charge is 0.0175 e. The number of benzene rings is 1. The Morgan fingerprint density at radius 2 is 1.88 bits per heavy atom. The van der Waals surface area contributed by atoms with Crippen LogP contribution in [0.3, 0.4) is 0 Å². The molecule has 3 heteroatoms. The molecular weight excluding hydrogens is 294 g/mol. The van der Waals surface area contributed by atoms with Crippen LogP contribution in [0.5, 0.6) is 0 Å². The molecule has 2 fully saturated rings. The lowest BCUT2D eigenvalue weighted by Crippen LogP contribution is -2.34. The summed E-state index contributed by atoms with van der Waals surface area (Å²) in [5.74, 6) is 4.41. The molecule has 0 radical (unpaired) electrons. The summed E-state index contributed by atoms with van der Waals surface area (Å²) >= 11 is 5.60. The standard InChI is InChI=1S/C14H18BrNS/c15-13-3-1-11(2-4-13)14-9-12(14)10-16-5-7-17-8-6-16/h1-4,12,14H,5-10H2/t12-,14-/m1/s1. The maximum absolute atomic E-state index is 3.50. The van der Waals surface area contributed by atoms with Crippen molar-refractivity contribution in [3.8, 4) is 0 Å². The van der Waals surface area contributed by atoms with E-state index in [1.807, 2.05) is 0 Å². The van der Waals surface area contributed by atoms with Gasteiger partial charge in [-0.25, -0.2) is 0 Å². The highest BCUT2D eigenvalue weighted by Gasteiger charge is 2.39. The zero-order chi connectivity index (χ0) is 11.7. The van der Waals surface area contributed by atoms with Gasteiger partial charge in [-0.3, -0.25) is 0 Å². The van der Waals surface area contributed by atoms with Gasteiger partial charge in [-0.15, -0.1) is 0 Å². The molecule has 92 valence electrons. The van der Waals surface area contributed by atoms with Crippen LogP contribution in [0.4, 0.5) is 0 Å². The highest BCUT2D eigenvalue weighted by atomic mass is 79.9. The van der Waals surface area contributed by atoms with E-state index in [2.05, 4.69) is 56.9 Å². The van der Waals surface area contributed by atoms with Crippen LogP contribution in [-0.2, 0) is 0 Å². The van der Waals surface area contributed by atoms with Crippen LogP contribution in [0, 0.1) is 5.92 Å². The Hall–Kier alpha value is 0.01000. The van der Waals surface area contributed by atoms with E-state index in [-0.39, 0.29) is 0 Å². The van der Waals surface area contributed by atoms with Gasteiger partial charge in [0.05, 0.1) is 0 Å². The molecule has 1 nitrogen and oxygen atoms in total. The Kier molecular flexibility index (Phi) is 3.78. The number of hydrogen-bond acceptors (Lipinski definition) is 2. The summed E-state index contributed by atoms with van der Waals surface area (Å²) in [6.45, 7) is 3.92. The molecule has 0 N–H and O–H groups in total. The Morgan fingerprint density at radius 3 is 2.59 bits per heavy atom. The molecule has 1 saturated heterocycles. The highest BCUT2D eigenvalue weighted by molar-refractivity contribution is 9.10. The van der Waals surface area contributed by atoms with Gasteiger partial charge in [-0.1, -0.05) is 28.1 Å². The van der Waals surface area contributed by atoms with Crippen molar-refractivity contribution in [2.75, 3.05) is 31.1 Å². The molecule has 0 spiro atoms. The molecule has 1 saturated carbocycles. The molecule has 0 unspecified atom stereocenters. The fraction of sp³-hybridized carbons (Fsp3) is 0.571. The molecule has 0 aromatic heterocycles. The van der Waals surface area contributed by atoms with Crippen LogP contribution in [0.1, 0.15) is 17.9 Å². The molecule has 1 heterocycles. The van der Waals surface area contributed by atoms with Gasteiger partial charge < -0.3 is 4.90 Å². The SMILES string of the molecule is Brc1ccc([C@H]2C[C@@H]2CN2CCSCC2)cc1. The first kappa shape index (κ1) is 12.1. The fourth-order valence-corrected chi connectivity index (χ4v) is 3.93. The molecule has 1 aliphatic carbocycles. The minimum Gasteiger partial charge on any atom is -0.301 e. The molecule has 1 aromatic rings. The maximum Gasteiger partial charge on any atom is 0.0175 e. The molecular formula is C14H18BrNS. The summed E-state index contributed by atoms with van der Waals surface area (Å²) in [7, 11) is 0. The zero-order valence-electron chi connectivity index (χ0n) is 9.94. The second-order valence-electron chi connectivity index (χ2n) is 5.07. The van der Waals surface area contributed by atoms with Gasteiger partial charge >= 0.3 is 0 Å². The lowest BCUT2D eigenvalue weighted by atomic mass is 10.1. The monoisotopic (exact) mass is 311 g/mol. The Labute approximate surface area is 116 Å². The van der Waals surface area contributed by atoms with E-state index in [0.717, 1.165) is 11.8 Å². The van der Waals surface area contributed by atoms with Gasteiger partial charge in [0.25, 0.3) is 0 Å². The zero-order valence-corrected chi connectivity index (χ0v) is 12.3. The van der Waals surface area contributed by atoms with E-state index in [9.17, 15) is 0 Å². The van der Waals surface area contributed by atoms with Gasteiger partial charge in [-0.05, 0) is 36.0 Å². The number of rotatable bonds is 3. The van der Waals surface area contributed by atoms with Gasteiger partial charge in [-0.2, -0.15) is 11.8 Å². The highest BCUT2D eigenvalue weighted by Crippen LogP contribution is 2.48. The van der Waals surface area contributed by atoms with Crippen LogP contribution in [0.2, 0.25) is 0 Å². The van der Waals surface area contributed by atoms with Gasteiger partial charge in [0, 0.05) is 35.6 Å². The van der Waals surface area contributed by atoms with Crippen molar-refractivity contribution in [3.63, 3.8) is 0 Å². The third-order valence-corrected chi connectivity index (χ3v) is 5.29. The average Bonchev–Trinajstić information content (AvgIpc) is 3.11. The maximum atomic E-state index is 3.50. The van der Waals surface area contributed by atoms with Crippen molar-refractivity contribution in [3.05, 3.63) is 34.3 Å². The fourth-order valence-electron chi connectivity index (χ4n) is 2.68. The summed E-state index contributed by atoms with van der Waals surface area (Å²) in [5.41, 5.74) is 1.53. The number of halogens is 1. The second-order valence-corrected chi connectivity index (χ2v) is 7.21. The molecule has 0 amide bonds. The minimum absolute atomic E-state index is 0.831. The van der Waals surface area contributed by atoms with E-state index < -0.39 is 0 Å². The van der Waals surface area contributed by atoms with Crippen LogP contribution in [0.15, 0.2) is 28.7 Å². The van der Waals surface area contributed by atoms with Crippen molar-refractivity contribution in [1.82, 2.24) is 4.90 Å². The van der Waals surface area contributed by atoms with E-state index in [1.54, 1.807) is 0 Å². The first-order valence-electron chi connectivity index (χ1n) is 6.38. The summed E-state index contributed by atoms with van der Waals surface area (Å²) < 4.78 is 1.19. The van der Waals surface area contributed by atoms with Crippen LogP contribution < -0.4 is 0 Å². The van der Waals surface area contributed by atoms with Gasteiger partial charge in [0.15, 0.2) is 0 Å². The summed E-state index contributed by atoms with van der Waals surface area (Å²) in [5, 5.41) is 0. The van der Waals surface area contributed by atoms with Crippen molar-refractivity contribution in [2.45, 2.75) is 12.3 Å². The third-order valence-electron chi connectivity index (χ3n) is 3.82. The van der Waals surface area contributed by atoms with Crippen molar-refractivity contribution < 1.29 is 0 Å². The molecule has 1 aromatic carbocycles. The van der Waals surface area contributed by atoms with Gasteiger partial charge in [0.1, 0.15) is 0 Å². The third kappa shape index (κ3) is 3.07. The average molecular weight is 312 g/mol. The number of nitrogens with zero attached hydrogens (tertiary/aromatic N) is 1. The van der Waals surface area contributed by atoms with Crippen LogP contribution in [0.25, 0.3) is 0 Å². The molecule has 17 heavy (non-hydrogen) atoms. The molecule has 1 aliphatic heterocycles. The topological polar surface area (TPSA) is 3.24 Å². The van der Waals surface area contributed by atoms with Crippen molar-refractivity contribution in [2.24, 2.45) is 5.92 Å². The van der Waals surface area contributed by atoms with Crippen molar-refractivity contribution in [1.29, 1.82) is 0 Å².